The Bertz CT molecular complexity index is 1720. The molecule has 6 nitrogen and oxygen atoms in total. The van der Waals surface area contributed by atoms with Crippen molar-refractivity contribution in [2.24, 2.45) is 0 Å². The average molecular weight is 650 g/mol. The van der Waals surface area contributed by atoms with Crippen LogP contribution in [0.5, 0.6) is 5.75 Å². The molecule has 1 saturated heterocycles. The molecule has 4 aromatic rings. The van der Waals surface area contributed by atoms with Gasteiger partial charge in [-0.2, -0.15) is 4.31 Å². The molecular weight excluding hydrogens is 619 g/mol. The fourth-order valence-corrected chi connectivity index (χ4v) is 8.17. The fraction of sp³-hybridized carbons (Fsp3) is 0.323. The standard InChI is InChI=1S/C31H31ClF3N3O3S2/c1-31(2,20-7-12-26(34)28(15-20)41-3)29-18-36-30(38(29)22-10-8-21(33)9-11-22)42-19-24-25(32)16-23(17-27(24)35)43(39,40)37-13-5-4-6-14-37/h7-12,15-18H,4-6,13-14,19H2,1-3H3. The summed E-state index contributed by atoms with van der Waals surface area (Å²) in [5.41, 5.74) is 1.51. The van der Waals surface area contributed by atoms with Crippen molar-refractivity contribution in [3.63, 3.8) is 0 Å². The van der Waals surface area contributed by atoms with Crippen LogP contribution in [-0.2, 0) is 21.2 Å². The van der Waals surface area contributed by atoms with Crippen molar-refractivity contribution in [1.82, 2.24) is 13.9 Å². The van der Waals surface area contributed by atoms with E-state index in [9.17, 15) is 17.2 Å². The van der Waals surface area contributed by atoms with Crippen LogP contribution < -0.4 is 4.74 Å². The van der Waals surface area contributed by atoms with Crippen molar-refractivity contribution in [3.8, 4) is 11.4 Å². The zero-order valence-corrected chi connectivity index (χ0v) is 26.3. The van der Waals surface area contributed by atoms with Crippen LogP contribution in [0.4, 0.5) is 13.2 Å². The molecule has 0 amide bonds. The third-order valence-electron chi connectivity index (χ3n) is 7.74. The first-order valence-corrected chi connectivity index (χ1v) is 16.5. The summed E-state index contributed by atoms with van der Waals surface area (Å²) >= 11 is 7.67. The van der Waals surface area contributed by atoms with Crippen molar-refractivity contribution >= 4 is 33.4 Å². The van der Waals surface area contributed by atoms with Gasteiger partial charge < -0.3 is 4.74 Å². The second kappa shape index (κ2) is 12.6. The Morgan fingerprint density at radius 2 is 1.67 bits per heavy atom. The van der Waals surface area contributed by atoms with Gasteiger partial charge in [0.15, 0.2) is 16.7 Å². The van der Waals surface area contributed by atoms with Gasteiger partial charge >= 0.3 is 0 Å². The van der Waals surface area contributed by atoms with Crippen LogP contribution in [-0.4, -0.2) is 42.5 Å². The van der Waals surface area contributed by atoms with Gasteiger partial charge in [0.05, 0.1) is 23.9 Å². The van der Waals surface area contributed by atoms with Gasteiger partial charge in [0, 0.05) is 40.5 Å². The van der Waals surface area contributed by atoms with Crippen LogP contribution in [0.2, 0.25) is 5.02 Å². The number of methoxy groups -OCH3 is 1. The van der Waals surface area contributed by atoms with E-state index in [1.165, 1.54) is 47.4 Å². The summed E-state index contributed by atoms with van der Waals surface area (Å²) in [7, 11) is -2.47. The number of benzene rings is 3. The second-order valence-corrected chi connectivity index (χ2v) is 14.1. The van der Waals surface area contributed by atoms with Crippen LogP contribution >= 0.6 is 23.4 Å². The predicted octanol–water partition coefficient (Wildman–Crippen LogP) is 7.74. The second-order valence-electron chi connectivity index (χ2n) is 10.8. The van der Waals surface area contributed by atoms with Gasteiger partial charge in [-0.25, -0.2) is 26.6 Å². The maximum absolute atomic E-state index is 15.4. The van der Waals surface area contributed by atoms with Gasteiger partial charge in [-0.15, -0.1) is 0 Å². The highest BCUT2D eigenvalue weighted by atomic mass is 35.5. The average Bonchev–Trinajstić information content (AvgIpc) is 3.42. The third kappa shape index (κ3) is 6.31. The SMILES string of the molecule is COc1cc(C(C)(C)c2cnc(SCc3c(F)cc(S(=O)(=O)N4CCCCC4)cc3Cl)n2-c2ccc(F)cc2)ccc1F. The molecule has 228 valence electrons. The van der Waals surface area contributed by atoms with E-state index in [1.807, 2.05) is 18.4 Å². The number of piperidine rings is 1. The summed E-state index contributed by atoms with van der Waals surface area (Å²) in [4.78, 5) is 4.45. The van der Waals surface area contributed by atoms with Gasteiger partial charge in [-0.05, 0) is 66.9 Å². The van der Waals surface area contributed by atoms with E-state index in [2.05, 4.69) is 4.98 Å². The fourth-order valence-electron chi connectivity index (χ4n) is 5.17. The molecule has 1 aliphatic rings. The number of ether oxygens (including phenoxy) is 1. The number of halogens is 4. The minimum absolute atomic E-state index is 0.00179. The zero-order chi connectivity index (χ0) is 30.9. The van der Waals surface area contributed by atoms with Gasteiger partial charge in [0.1, 0.15) is 11.6 Å². The molecule has 0 spiro atoms. The smallest absolute Gasteiger partial charge is 0.243 e. The summed E-state index contributed by atoms with van der Waals surface area (Å²) in [6.07, 6.45) is 4.16. The van der Waals surface area contributed by atoms with Gasteiger partial charge in [0.25, 0.3) is 0 Å². The molecule has 0 saturated carbocycles. The first-order valence-electron chi connectivity index (χ1n) is 13.7. The van der Waals surface area contributed by atoms with E-state index in [4.69, 9.17) is 16.3 Å². The Balaban J connectivity index is 1.50. The molecule has 2 heterocycles. The van der Waals surface area contributed by atoms with E-state index < -0.39 is 32.9 Å². The van der Waals surface area contributed by atoms with E-state index in [1.54, 1.807) is 30.5 Å². The van der Waals surface area contributed by atoms with E-state index in [0.717, 1.165) is 30.9 Å². The molecule has 5 rings (SSSR count). The molecule has 3 aromatic carbocycles. The Hall–Kier alpha value is -2.99. The van der Waals surface area contributed by atoms with Crippen molar-refractivity contribution < 1.29 is 26.3 Å². The lowest BCUT2D eigenvalue weighted by Crippen LogP contribution is -2.35. The summed E-state index contributed by atoms with van der Waals surface area (Å²) in [6.45, 7) is 4.69. The number of nitrogens with zero attached hydrogens (tertiary/aromatic N) is 3. The number of aromatic nitrogens is 2. The summed E-state index contributed by atoms with van der Waals surface area (Å²) in [6, 6.07) is 12.8. The first kappa shape index (κ1) is 31.4. The number of hydrogen-bond donors (Lipinski definition) is 0. The van der Waals surface area contributed by atoms with Crippen LogP contribution in [0.3, 0.4) is 0 Å². The number of hydrogen-bond acceptors (Lipinski definition) is 5. The molecule has 0 radical (unpaired) electrons. The molecule has 43 heavy (non-hydrogen) atoms. The number of rotatable bonds is 9. The normalized spacial score (nSPS) is 14.7. The summed E-state index contributed by atoms with van der Waals surface area (Å²) < 4.78 is 78.1. The molecule has 0 atom stereocenters. The van der Waals surface area contributed by atoms with E-state index in [-0.39, 0.29) is 27.0 Å². The van der Waals surface area contributed by atoms with Gasteiger partial charge in [-0.3, -0.25) is 4.57 Å². The largest absolute Gasteiger partial charge is 0.494 e. The number of sulfonamides is 1. The van der Waals surface area contributed by atoms with Crippen molar-refractivity contribution in [3.05, 3.63) is 100 Å². The molecule has 1 aromatic heterocycles. The quantitative estimate of drug-likeness (QED) is 0.174. The van der Waals surface area contributed by atoms with Gasteiger partial charge in [-0.1, -0.05) is 49.7 Å². The number of thioether (sulfide) groups is 1. The monoisotopic (exact) mass is 649 g/mol. The Morgan fingerprint density at radius 1 is 0.977 bits per heavy atom. The molecule has 1 aliphatic heterocycles. The highest BCUT2D eigenvalue weighted by Gasteiger charge is 2.31. The molecular formula is C31H31ClF3N3O3S2. The summed E-state index contributed by atoms with van der Waals surface area (Å²) in [5.74, 6) is -1.47. The Kier molecular flexibility index (Phi) is 9.18. The minimum atomic E-state index is -3.86. The maximum Gasteiger partial charge on any atom is 0.243 e. The van der Waals surface area contributed by atoms with Crippen LogP contribution in [0.25, 0.3) is 5.69 Å². The molecule has 0 unspecified atom stereocenters. The highest BCUT2D eigenvalue weighted by molar-refractivity contribution is 7.98. The topological polar surface area (TPSA) is 64.4 Å². The minimum Gasteiger partial charge on any atom is -0.494 e. The van der Waals surface area contributed by atoms with Crippen molar-refractivity contribution in [1.29, 1.82) is 0 Å². The lowest BCUT2D eigenvalue weighted by molar-refractivity contribution is 0.346. The van der Waals surface area contributed by atoms with Crippen LogP contribution in [0.1, 0.15) is 49.9 Å². The van der Waals surface area contributed by atoms with E-state index >= 15 is 4.39 Å². The lowest BCUT2D eigenvalue weighted by Gasteiger charge is -2.28. The zero-order valence-electron chi connectivity index (χ0n) is 23.9. The molecule has 12 heteroatoms. The number of imidazole rings is 1. The van der Waals surface area contributed by atoms with Crippen molar-refractivity contribution in [2.75, 3.05) is 20.2 Å². The molecule has 0 aliphatic carbocycles. The highest BCUT2D eigenvalue weighted by Crippen LogP contribution is 2.39. The van der Waals surface area contributed by atoms with Gasteiger partial charge in [0.2, 0.25) is 10.0 Å². The molecule has 0 bridgehead atoms. The predicted molar refractivity (Wildman–Crippen MR) is 162 cm³/mol. The Morgan fingerprint density at radius 3 is 2.33 bits per heavy atom. The third-order valence-corrected chi connectivity index (χ3v) is 10.9. The lowest BCUT2D eigenvalue weighted by atomic mass is 9.81. The van der Waals surface area contributed by atoms with Crippen LogP contribution in [0, 0.1) is 17.5 Å². The summed E-state index contributed by atoms with van der Waals surface area (Å²) in [5, 5.41) is 0.478. The molecule has 0 N–H and O–H groups in total. The van der Waals surface area contributed by atoms with Crippen LogP contribution in [0.15, 0.2) is 70.8 Å². The molecule has 1 fully saturated rings. The van der Waals surface area contributed by atoms with E-state index in [0.29, 0.717) is 29.6 Å². The Labute approximate surface area is 258 Å². The first-order chi connectivity index (χ1) is 20.4. The maximum atomic E-state index is 15.4. The van der Waals surface area contributed by atoms with Crippen molar-refractivity contribution in [2.45, 2.75) is 54.3 Å².